The summed E-state index contributed by atoms with van der Waals surface area (Å²) in [5, 5.41) is 17.8. The summed E-state index contributed by atoms with van der Waals surface area (Å²) in [6.07, 6.45) is 0. The van der Waals surface area contributed by atoms with Gasteiger partial charge in [-0.25, -0.2) is 0 Å². The van der Waals surface area contributed by atoms with Crippen molar-refractivity contribution in [2.75, 3.05) is 0 Å². The number of non-ortho nitro benzene ring substituents is 1. The predicted molar refractivity (Wildman–Crippen MR) is 58.1 cm³/mol. The Morgan fingerprint density at radius 2 is 2.14 bits per heavy atom. The minimum absolute atomic E-state index is 0.0231. The largest absolute Gasteiger partial charge is 0.282 e. The van der Waals surface area contributed by atoms with E-state index in [9.17, 15) is 10.1 Å². The van der Waals surface area contributed by atoms with Crippen LogP contribution in [-0.2, 0) is 0 Å². The zero-order chi connectivity index (χ0) is 10.3. The lowest BCUT2D eigenvalue weighted by atomic mass is 10.2. The SMILES string of the molecule is O=[N+]([O-])c1cc(Br)cc2n[nH]c(Br)c12. The number of rotatable bonds is 1. The Bertz CT molecular complexity index is 523. The number of fused-ring (bicyclic) bond motifs is 1. The first-order valence-corrected chi connectivity index (χ1v) is 5.15. The summed E-state index contributed by atoms with van der Waals surface area (Å²) in [5.41, 5.74) is 0.577. The third-order valence-electron chi connectivity index (χ3n) is 1.75. The van der Waals surface area contributed by atoms with Gasteiger partial charge in [-0.1, -0.05) is 15.9 Å². The third-order valence-corrected chi connectivity index (χ3v) is 2.78. The molecule has 0 unspecified atom stereocenters. The minimum atomic E-state index is -0.437. The molecule has 5 nitrogen and oxygen atoms in total. The van der Waals surface area contributed by atoms with E-state index in [1.165, 1.54) is 6.07 Å². The van der Waals surface area contributed by atoms with Crippen LogP contribution in [0, 0.1) is 10.1 Å². The van der Waals surface area contributed by atoms with Crippen molar-refractivity contribution in [3.8, 4) is 0 Å². The lowest BCUT2D eigenvalue weighted by Gasteiger charge is -1.94. The van der Waals surface area contributed by atoms with Gasteiger partial charge in [-0.2, -0.15) is 5.10 Å². The molecule has 2 rings (SSSR count). The molecule has 0 aliphatic heterocycles. The van der Waals surface area contributed by atoms with Gasteiger partial charge in [0.2, 0.25) is 0 Å². The number of nitrogens with zero attached hydrogens (tertiary/aromatic N) is 2. The van der Waals surface area contributed by atoms with Crippen molar-refractivity contribution in [2.24, 2.45) is 0 Å². The van der Waals surface area contributed by atoms with Crippen molar-refractivity contribution in [1.82, 2.24) is 10.2 Å². The first-order valence-electron chi connectivity index (χ1n) is 3.57. The van der Waals surface area contributed by atoms with Crippen LogP contribution in [0.1, 0.15) is 0 Å². The molecule has 14 heavy (non-hydrogen) atoms. The summed E-state index contributed by atoms with van der Waals surface area (Å²) in [6.45, 7) is 0. The Kier molecular flexibility index (Phi) is 2.28. The number of H-pyrrole nitrogens is 1. The Morgan fingerprint density at radius 1 is 1.43 bits per heavy atom. The van der Waals surface area contributed by atoms with E-state index in [2.05, 4.69) is 42.1 Å². The molecule has 72 valence electrons. The fourth-order valence-electron chi connectivity index (χ4n) is 1.20. The van der Waals surface area contributed by atoms with Crippen LogP contribution in [0.2, 0.25) is 0 Å². The van der Waals surface area contributed by atoms with E-state index < -0.39 is 4.92 Å². The summed E-state index contributed by atoms with van der Waals surface area (Å²) in [5.74, 6) is 0. The van der Waals surface area contributed by atoms with Gasteiger partial charge in [0.25, 0.3) is 5.69 Å². The van der Waals surface area contributed by atoms with Crippen LogP contribution >= 0.6 is 31.9 Å². The predicted octanol–water partition coefficient (Wildman–Crippen LogP) is 3.00. The molecule has 0 saturated heterocycles. The molecule has 0 bridgehead atoms. The van der Waals surface area contributed by atoms with E-state index in [1.54, 1.807) is 6.07 Å². The maximum Gasteiger partial charge on any atom is 0.282 e. The highest BCUT2D eigenvalue weighted by Crippen LogP contribution is 2.33. The fourth-order valence-corrected chi connectivity index (χ4v) is 2.13. The van der Waals surface area contributed by atoms with Gasteiger partial charge in [-0.05, 0) is 22.0 Å². The highest BCUT2D eigenvalue weighted by Gasteiger charge is 2.17. The molecule has 0 amide bonds. The Morgan fingerprint density at radius 3 is 2.79 bits per heavy atom. The molecule has 1 heterocycles. The van der Waals surface area contributed by atoms with Crippen molar-refractivity contribution in [3.63, 3.8) is 0 Å². The molecular weight excluding hydrogens is 318 g/mol. The number of nitrogens with one attached hydrogen (secondary N) is 1. The molecule has 0 radical (unpaired) electrons. The smallest absolute Gasteiger partial charge is 0.270 e. The van der Waals surface area contributed by atoms with Crippen molar-refractivity contribution < 1.29 is 4.92 Å². The van der Waals surface area contributed by atoms with E-state index in [-0.39, 0.29) is 5.69 Å². The van der Waals surface area contributed by atoms with Gasteiger partial charge < -0.3 is 0 Å². The Balaban J connectivity index is 2.90. The molecule has 7 heteroatoms. The van der Waals surface area contributed by atoms with Crippen LogP contribution in [0.15, 0.2) is 21.2 Å². The standard InChI is InChI=1S/C7H3Br2N3O2/c8-3-1-4-6(7(9)11-10-4)5(2-3)12(13)14/h1-2H,(H,10,11). The number of hydrogen-bond donors (Lipinski definition) is 1. The Labute approximate surface area is 94.9 Å². The molecule has 2 aromatic rings. The Hall–Kier alpha value is -0.950. The second kappa shape index (κ2) is 3.32. The maximum atomic E-state index is 10.7. The summed E-state index contributed by atoms with van der Waals surface area (Å²) in [6, 6.07) is 3.16. The second-order valence-electron chi connectivity index (χ2n) is 2.61. The van der Waals surface area contributed by atoms with E-state index in [4.69, 9.17) is 0 Å². The van der Waals surface area contributed by atoms with Crippen molar-refractivity contribution in [2.45, 2.75) is 0 Å². The number of halogens is 2. The van der Waals surface area contributed by atoms with Crippen LogP contribution in [0.4, 0.5) is 5.69 Å². The van der Waals surface area contributed by atoms with Crippen molar-refractivity contribution >= 4 is 48.5 Å². The van der Waals surface area contributed by atoms with Gasteiger partial charge in [-0.15, -0.1) is 0 Å². The first-order chi connectivity index (χ1) is 6.59. The number of benzene rings is 1. The monoisotopic (exact) mass is 319 g/mol. The first kappa shape index (κ1) is 9.60. The number of aromatic nitrogens is 2. The van der Waals surface area contributed by atoms with E-state index >= 15 is 0 Å². The van der Waals surface area contributed by atoms with E-state index in [1.807, 2.05) is 0 Å². The highest BCUT2D eigenvalue weighted by molar-refractivity contribution is 9.10. The van der Waals surface area contributed by atoms with Gasteiger partial charge in [0.15, 0.2) is 0 Å². The molecule has 1 aromatic heterocycles. The molecule has 0 aliphatic carbocycles. The highest BCUT2D eigenvalue weighted by atomic mass is 79.9. The van der Waals surface area contributed by atoms with Gasteiger partial charge in [-0.3, -0.25) is 15.2 Å². The van der Waals surface area contributed by atoms with Gasteiger partial charge in [0.1, 0.15) is 15.5 Å². The average Bonchev–Trinajstić information content (AvgIpc) is 2.46. The van der Waals surface area contributed by atoms with Gasteiger partial charge >= 0.3 is 0 Å². The van der Waals surface area contributed by atoms with Crippen molar-refractivity contribution in [3.05, 3.63) is 31.3 Å². The minimum Gasteiger partial charge on any atom is -0.270 e. The lowest BCUT2D eigenvalue weighted by Crippen LogP contribution is -1.88. The summed E-state index contributed by atoms with van der Waals surface area (Å²) < 4.78 is 1.16. The van der Waals surface area contributed by atoms with Gasteiger partial charge in [0, 0.05) is 10.5 Å². The van der Waals surface area contributed by atoms with Crippen LogP contribution < -0.4 is 0 Å². The van der Waals surface area contributed by atoms with Crippen LogP contribution in [0.25, 0.3) is 10.9 Å². The second-order valence-corrected chi connectivity index (χ2v) is 4.32. The lowest BCUT2D eigenvalue weighted by molar-refractivity contribution is -0.383. The number of nitro groups is 1. The topological polar surface area (TPSA) is 71.8 Å². The molecule has 1 N–H and O–H groups in total. The third kappa shape index (κ3) is 1.42. The van der Waals surface area contributed by atoms with Crippen LogP contribution in [0.3, 0.4) is 0 Å². The molecule has 0 spiro atoms. The zero-order valence-corrected chi connectivity index (χ0v) is 9.79. The summed E-state index contributed by atoms with van der Waals surface area (Å²) in [4.78, 5) is 10.3. The molecule has 0 fully saturated rings. The van der Waals surface area contributed by atoms with Gasteiger partial charge in [0.05, 0.1) is 4.92 Å². The summed E-state index contributed by atoms with van der Waals surface area (Å²) in [7, 11) is 0. The van der Waals surface area contributed by atoms with Crippen LogP contribution in [0.5, 0.6) is 0 Å². The van der Waals surface area contributed by atoms with E-state index in [0.717, 1.165) is 0 Å². The number of aromatic amines is 1. The maximum absolute atomic E-state index is 10.7. The van der Waals surface area contributed by atoms with Crippen molar-refractivity contribution in [1.29, 1.82) is 0 Å². The normalized spacial score (nSPS) is 10.7. The molecule has 1 aromatic carbocycles. The van der Waals surface area contributed by atoms with E-state index in [0.29, 0.717) is 20.0 Å². The number of hydrogen-bond acceptors (Lipinski definition) is 3. The molecule has 0 atom stereocenters. The average molecular weight is 321 g/mol. The molecule has 0 aliphatic rings. The molecular formula is C7H3Br2N3O2. The molecule has 0 saturated carbocycles. The summed E-state index contributed by atoms with van der Waals surface area (Å²) >= 11 is 6.36. The fraction of sp³-hybridized carbons (Fsp3) is 0. The quantitative estimate of drug-likeness (QED) is 0.648. The zero-order valence-electron chi connectivity index (χ0n) is 6.62. The number of nitro benzene ring substituents is 1. The van der Waals surface area contributed by atoms with Crippen LogP contribution in [-0.4, -0.2) is 15.1 Å².